The molecule has 1 amide bonds. The van der Waals surface area contributed by atoms with Crippen LogP contribution in [-0.2, 0) is 0 Å². The molecule has 9 heteroatoms. The number of carboxylic acid groups (broad SMARTS) is 1. The van der Waals surface area contributed by atoms with Gasteiger partial charge in [-0.25, -0.2) is 14.8 Å². The number of likely N-dealkylation sites (tertiary alicyclic amines) is 1. The molecule has 0 unspecified atom stereocenters. The Morgan fingerprint density at radius 2 is 1.95 bits per heavy atom. The summed E-state index contributed by atoms with van der Waals surface area (Å²) in [4.78, 5) is 19.2. The minimum Gasteiger partial charge on any atom is -0.480 e. The molecule has 1 aliphatic heterocycles. The minimum absolute atomic E-state index is 0. The number of anilines is 1. The number of amides is 1. The predicted octanol–water partition coefficient (Wildman–Crippen LogP) is 1.80. The summed E-state index contributed by atoms with van der Waals surface area (Å²) >= 11 is 5.77. The van der Waals surface area contributed by atoms with E-state index in [2.05, 4.69) is 9.97 Å². The first-order chi connectivity index (χ1) is 7.58. The molecule has 0 aromatic carbocycles. The maximum atomic E-state index is 10.5. The molecule has 0 aliphatic carbocycles. The van der Waals surface area contributed by atoms with Gasteiger partial charge in [0.2, 0.25) is 0 Å². The van der Waals surface area contributed by atoms with E-state index in [4.69, 9.17) is 27.2 Å². The molecule has 0 spiro atoms. The molecule has 7 nitrogen and oxygen atoms in total. The summed E-state index contributed by atoms with van der Waals surface area (Å²) < 4.78 is 5.41. The van der Waals surface area contributed by atoms with Crippen molar-refractivity contribution in [3.8, 4) is 5.75 Å². The van der Waals surface area contributed by atoms with Gasteiger partial charge < -0.3 is 42.8 Å². The zero-order valence-corrected chi connectivity index (χ0v) is 15.5. The number of halogens is 1. The maximum absolute atomic E-state index is 10.5. The number of aromatic nitrogens is 2. The Hall–Kier alpha value is -0.383. The van der Waals surface area contributed by atoms with Gasteiger partial charge in [0.25, 0.3) is 0 Å². The van der Waals surface area contributed by atoms with Crippen molar-refractivity contribution < 1.29 is 56.4 Å². The molecule has 2 rings (SSSR count). The molecule has 1 aliphatic rings. The summed E-state index contributed by atoms with van der Waals surface area (Å²) in [6.07, 6.45) is 0.0135. The molecule has 2 heterocycles. The SMILES string of the molecule is Nc1ncnc(Cl)c1OC1CN(C(=O)O)C1.[CH3-].[CH3-].[CH3-].[Ce+3]. The Kier molecular flexibility index (Phi) is 12.8. The zero-order valence-electron chi connectivity index (χ0n) is 11.6. The van der Waals surface area contributed by atoms with E-state index in [1.165, 1.54) is 11.2 Å². The Labute approximate surface area is 158 Å². The first-order valence-corrected chi connectivity index (χ1v) is 4.86. The number of rotatable bonds is 2. The molecule has 0 atom stereocenters. The summed E-state index contributed by atoms with van der Waals surface area (Å²) in [5, 5.41) is 8.75. The van der Waals surface area contributed by atoms with Crippen LogP contribution in [0.25, 0.3) is 0 Å². The third-order valence-corrected chi connectivity index (χ3v) is 2.46. The van der Waals surface area contributed by atoms with Gasteiger partial charge in [-0.3, -0.25) is 0 Å². The van der Waals surface area contributed by atoms with Crippen LogP contribution in [0.5, 0.6) is 5.75 Å². The van der Waals surface area contributed by atoms with Gasteiger partial charge in [0.05, 0.1) is 13.1 Å². The standard InChI is InChI=1S/C8H9ClN4O3.3CH3.Ce/c9-6-5(7(10)12-3-11-6)16-4-1-13(2-4)8(14)15;;;;/h3-4H,1-2H2,(H,14,15)(H2,10,11,12);3*1H3;/q;3*-1;+3. The van der Waals surface area contributed by atoms with E-state index in [0.29, 0.717) is 13.1 Å². The van der Waals surface area contributed by atoms with Gasteiger partial charge >= 0.3 is 47.8 Å². The Bertz CT molecular complexity index is 410. The van der Waals surface area contributed by atoms with Crippen molar-refractivity contribution >= 4 is 23.5 Å². The second kappa shape index (κ2) is 10.4. The molecule has 1 saturated heterocycles. The van der Waals surface area contributed by atoms with Crippen molar-refractivity contribution in [3.05, 3.63) is 33.8 Å². The van der Waals surface area contributed by atoms with E-state index in [1.807, 2.05) is 0 Å². The van der Waals surface area contributed by atoms with E-state index in [0.717, 1.165) is 0 Å². The molecule has 0 saturated carbocycles. The Balaban J connectivity index is -0.000000722. The monoisotopic (exact) mass is 429 g/mol. The molecule has 1 radical (unpaired) electrons. The van der Waals surface area contributed by atoms with Crippen molar-refractivity contribution in [2.24, 2.45) is 0 Å². The summed E-state index contributed by atoms with van der Waals surface area (Å²) in [6, 6.07) is 0. The van der Waals surface area contributed by atoms with Crippen molar-refractivity contribution in [1.29, 1.82) is 0 Å². The molecule has 1 aromatic heterocycles. The Morgan fingerprint density at radius 1 is 1.40 bits per heavy atom. The average Bonchev–Trinajstić information content (AvgIpc) is 2.13. The number of nitrogen functional groups attached to an aromatic ring is 1. The van der Waals surface area contributed by atoms with Crippen molar-refractivity contribution in [1.82, 2.24) is 14.9 Å². The number of carbonyl (C=O) groups is 1. The number of hydrogen-bond acceptors (Lipinski definition) is 5. The fraction of sp³-hybridized carbons (Fsp3) is 0.273. The number of nitrogens with zero attached hydrogens (tertiary/aromatic N) is 3. The van der Waals surface area contributed by atoms with E-state index >= 15 is 0 Å². The van der Waals surface area contributed by atoms with Gasteiger partial charge in [0, 0.05) is 0 Å². The van der Waals surface area contributed by atoms with Crippen LogP contribution in [0, 0.1) is 64.0 Å². The fourth-order valence-corrected chi connectivity index (χ4v) is 1.49. The van der Waals surface area contributed by atoms with Crippen LogP contribution in [0.2, 0.25) is 5.15 Å². The van der Waals surface area contributed by atoms with E-state index in [1.54, 1.807) is 0 Å². The van der Waals surface area contributed by atoms with Crippen LogP contribution in [0.4, 0.5) is 10.6 Å². The molecular weight excluding hydrogens is 412 g/mol. The number of hydrogen-bond donors (Lipinski definition) is 2. The minimum atomic E-state index is -0.969. The molecule has 20 heavy (non-hydrogen) atoms. The van der Waals surface area contributed by atoms with E-state index in [9.17, 15) is 4.79 Å². The molecule has 1 fully saturated rings. The summed E-state index contributed by atoms with van der Waals surface area (Å²) in [7, 11) is 0. The summed E-state index contributed by atoms with van der Waals surface area (Å²) in [6.45, 7) is 0.583. The third-order valence-electron chi connectivity index (χ3n) is 2.19. The normalized spacial score (nSPS) is 12.6. The van der Waals surface area contributed by atoms with Crippen LogP contribution in [-0.4, -0.2) is 45.3 Å². The molecule has 0 bridgehead atoms. The number of ether oxygens (including phenoxy) is 1. The quantitative estimate of drug-likeness (QED) is 0.549. The average molecular weight is 430 g/mol. The fourth-order valence-electron chi connectivity index (χ4n) is 1.31. The second-order valence-electron chi connectivity index (χ2n) is 3.31. The van der Waals surface area contributed by atoms with Crippen LogP contribution < -0.4 is 10.5 Å². The van der Waals surface area contributed by atoms with Crippen molar-refractivity contribution in [3.63, 3.8) is 0 Å². The van der Waals surface area contributed by atoms with Gasteiger partial charge in [-0.05, 0) is 0 Å². The van der Waals surface area contributed by atoms with Crippen LogP contribution >= 0.6 is 11.6 Å². The second-order valence-corrected chi connectivity index (χ2v) is 3.66. The topological polar surface area (TPSA) is 102 Å². The largest absolute Gasteiger partial charge is 3.00 e. The van der Waals surface area contributed by atoms with Gasteiger partial charge in [-0.15, -0.1) is 0 Å². The van der Waals surface area contributed by atoms with Crippen LogP contribution in [0.1, 0.15) is 0 Å². The molecule has 1 aromatic rings. The van der Waals surface area contributed by atoms with Gasteiger partial charge in [0.15, 0.2) is 16.7 Å². The molecule has 111 valence electrons. The third kappa shape index (κ3) is 5.55. The van der Waals surface area contributed by atoms with Crippen molar-refractivity contribution in [2.75, 3.05) is 18.8 Å². The number of nitrogens with two attached hydrogens (primary N) is 1. The van der Waals surface area contributed by atoms with Crippen LogP contribution in [0.3, 0.4) is 0 Å². The first-order valence-electron chi connectivity index (χ1n) is 4.48. The van der Waals surface area contributed by atoms with E-state index in [-0.39, 0.29) is 86.9 Å². The van der Waals surface area contributed by atoms with Crippen LogP contribution in [0.15, 0.2) is 6.33 Å². The Morgan fingerprint density at radius 3 is 2.40 bits per heavy atom. The summed E-state index contributed by atoms with van der Waals surface area (Å²) in [5.74, 6) is 0.355. The smallest absolute Gasteiger partial charge is 0.480 e. The van der Waals surface area contributed by atoms with Gasteiger partial charge in [0.1, 0.15) is 12.4 Å². The first kappa shape index (κ1) is 24.6. The van der Waals surface area contributed by atoms with Gasteiger partial charge in [-0.2, -0.15) is 0 Å². The predicted molar refractivity (Wildman–Crippen MR) is 74.7 cm³/mol. The zero-order chi connectivity index (χ0) is 11.7. The molecular formula is C11H18CeClN4O3. The summed E-state index contributed by atoms with van der Waals surface area (Å²) in [5.41, 5.74) is 5.55. The maximum Gasteiger partial charge on any atom is 3.00 e. The van der Waals surface area contributed by atoms with Gasteiger partial charge in [-0.1, -0.05) is 11.6 Å². The molecule has 3 N–H and O–H groups in total. The van der Waals surface area contributed by atoms with E-state index < -0.39 is 6.09 Å². The van der Waals surface area contributed by atoms with Crippen molar-refractivity contribution in [2.45, 2.75) is 6.10 Å².